The van der Waals surface area contributed by atoms with Crippen LogP contribution >= 0.6 is 11.6 Å². The van der Waals surface area contributed by atoms with Gasteiger partial charge in [-0.3, -0.25) is 4.79 Å². The van der Waals surface area contributed by atoms with Crippen LogP contribution in [0.5, 0.6) is 5.75 Å². The van der Waals surface area contributed by atoms with Crippen molar-refractivity contribution in [3.05, 3.63) is 64.9 Å². The molecule has 0 radical (unpaired) electrons. The molecule has 1 amide bonds. The maximum atomic E-state index is 13.0. The van der Waals surface area contributed by atoms with Gasteiger partial charge < -0.3 is 10.1 Å². The van der Waals surface area contributed by atoms with Crippen molar-refractivity contribution < 1.29 is 13.9 Å². The molecule has 2 rings (SSSR count). The second-order valence-electron chi connectivity index (χ2n) is 4.05. The van der Waals surface area contributed by atoms with Gasteiger partial charge >= 0.3 is 0 Å². The minimum atomic E-state index is -0.440. The summed E-state index contributed by atoms with van der Waals surface area (Å²) >= 11 is 5.93. The first-order valence-electron chi connectivity index (χ1n) is 6.08. The molecule has 5 heteroatoms. The third kappa shape index (κ3) is 3.96. The van der Waals surface area contributed by atoms with Crippen LogP contribution in [0.3, 0.4) is 0 Å². The van der Waals surface area contributed by atoms with Crippen molar-refractivity contribution in [1.29, 1.82) is 0 Å². The van der Waals surface area contributed by atoms with Crippen molar-refractivity contribution in [2.45, 2.75) is 0 Å². The van der Waals surface area contributed by atoms with Crippen LogP contribution in [0.1, 0.15) is 10.4 Å². The molecule has 2 aromatic rings. The number of hydrogen-bond donors (Lipinski definition) is 1. The summed E-state index contributed by atoms with van der Waals surface area (Å²) in [5.74, 6) is -0.216. The van der Waals surface area contributed by atoms with E-state index in [1.165, 1.54) is 18.2 Å². The van der Waals surface area contributed by atoms with Crippen LogP contribution in [0.4, 0.5) is 4.39 Å². The first kappa shape index (κ1) is 14.3. The average Bonchev–Trinajstić information content (AvgIpc) is 2.45. The van der Waals surface area contributed by atoms with Crippen LogP contribution in [-0.2, 0) is 0 Å². The number of hydrogen-bond acceptors (Lipinski definition) is 2. The van der Waals surface area contributed by atoms with Gasteiger partial charge in [-0.1, -0.05) is 29.8 Å². The number of benzene rings is 2. The van der Waals surface area contributed by atoms with Gasteiger partial charge in [-0.25, -0.2) is 4.39 Å². The second kappa shape index (κ2) is 6.91. The molecule has 0 fully saturated rings. The van der Waals surface area contributed by atoms with Gasteiger partial charge in [0.05, 0.1) is 11.6 Å². The second-order valence-corrected chi connectivity index (χ2v) is 4.45. The maximum absolute atomic E-state index is 13.0. The first-order valence-corrected chi connectivity index (χ1v) is 6.46. The summed E-state index contributed by atoms with van der Waals surface area (Å²) in [5, 5.41) is 3.16. The monoisotopic (exact) mass is 293 g/mol. The van der Waals surface area contributed by atoms with E-state index in [-0.39, 0.29) is 18.1 Å². The van der Waals surface area contributed by atoms with Gasteiger partial charge in [-0.05, 0) is 30.3 Å². The lowest BCUT2D eigenvalue weighted by molar-refractivity contribution is 0.0946. The Hall–Kier alpha value is -2.07. The zero-order chi connectivity index (χ0) is 14.4. The van der Waals surface area contributed by atoms with Gasteiger partial charge in [0, 0.05) is 5.56 Å². The van der Waals surface area contributed by atoms with Crippen molar-refractivity contribution in [2.24, 2.45) is 0 Å². The summed E-state index contributed by atoms with van der Waals surface area (Å²) in [6.45, 7) is 0.589. The van der Waals surface area contributed by atoms with E-state index < -0.39 is 5.82 Å². The molecular formula is C15H13ClFNO2. The Kier molecular flexibility index (Phi) is 4.96. The van der Waals surface area contributed by atoms with Crippen LogP contribution in [0, 0.1) is 5.82 Å². The molecule has 0 saturated carbocycles. The van der Waals surface area contributed by atoms with E-state index in [2.05, 4.69) is 5.32 Å². The topological polar surface area (TPSA) is 38.3 Å². The van der Waals surface area contributed by atoms with Gasteiger partial charge in [0.2, 0.25) is 0 Å². The highest BCUT2D eigenvalue weighted by Gasteiger charge is 2.06. The highest BCUT2D eigenvalue weighted by molar-refractivity contribution is 6.32. The lowest BCUT2D eigenvalue weighted by Crippen LogP contribution is -2.28. The summed E-state index contributed by atoms with van der Waals surface area (Å²) in [5.41, 5.74) is 0.280. The molecule has 1 N–H and O–H groups in total. The lowest BCUT2D eigenvalue weighted by Gasteiger charge is -2.09. The number of carbonyl (C=O) groups is 1. The summed E-state index contributed by atoms with van der Waals surface area (Å²) < 4.78 is 18.4. The zero-order valence-electron chi connectivity index (χ0n) is 10.6. The summed E-state index contributed by atoms with van der Waals surface area (Å²) in [6.07, 6.45) is 0. The van der Waals surface area contributed by atoms with Crippen LogP contribution in [-0.4, -0.2) is 19.1 Å². The largest absolute Gasteiger partial charge is 0.490 e. The van der Waals surface area contributed by atoms with Crippen LogP contribution in [0.15, 0.2) is 48.5 Å². The molecule has 0 aromatic heterocycles. The quantitative estimate of drug-likeness (QED) is 0.859. The Morgan fingerprint density at radius 1 is 1.20 bits per heavy atom. The molecular weight excluding hydrogens is 281 g/mol. The fourth-order valence-corrected chi connectivity index (χ4v) is 1.81. The third-order valence-electron chi connectivity index (χ3n) is 2.57. The molecule has 0 aliphatic carbocycles. The molecule has 3 nitrogen and oxygen atoms in total. The number of carbonyl (C=O) groups excluding carboxylic acids is 1. The van der Waals surface area contributed by atoms with Crippen molar-refractivity contribution in [3.63, 3.8) is 0 Å². The van der Waals surface area contributed by atoms with E-state index in [1.807, 2.05) is 6.07 Å². The van der Waals surface area contributed by atoms with E-state index in [0.717, 1.165) is 0 Å². The summed E-state index contributed by atoms with van der Waals surface area (Å²) in [6, 6.07) is 12.6. The summed E-state index contributed by atoms with van der Waals surface area (Å²) in [7, 11) is 0. The molecule has 0 bridgehead atoms. The molecule has 104 valence electrons. The SMILES string of the molecule is O=C(NCCOc1ccccc1Cl)c1cccc(F)c1. The lowest BCUT2D eigenvalue weighted by atomic mass is 10.2. The Balaban J connectivity index is 1.79. The Morgan fingerprint density at radius 2 is 2.00 bits per heavy atom. The van der Waals surface area contributed by atoms with Crippen LogP contribution in [0.2, 0.25) is 5.02 Å². The van der Waals surface area contributed by atoms with Crippen molar-refractivity contribution in [2.75, 3.05) is 13.2 Å². The third-order valence-corrected chi connectivity index (χ3v) is 2.88. The zero-order valence-corrected chi connectivity index (χ0v) is 11.4. The molecule has 0 aliphatic rings. The van der Waals surface area contributed by atoms with E-state index in [4.69, 9.17) is 16.3 Å². The molecule has 0 spiro atoms. The number of nitrogens with one attached hydrogen (secondary N) is 1. The standard InChI is InChI=1S/C15H13ClFNO2/c16-13-6-1-2-7-14(13)20-9-8-18-15(19)11-4-3-5-12(17)10-11/h1-7,10H,8-9H2,(H,18,19). The molecule has 0 unspecified atom stereocenters. The van der Waals surface area contributed by atoms with Gasteiger partial charge in [0.15, 0.2) is 0 Å². The Morgan fingerprint density at radius 3 is 2.75 bits per heavy atom. The van der Waals surface area contributed by atoms with Gasteiger partial charge in [-0.15, -0.1) is 0 Å². The van der Waals surface area contributed by atoms with Crippen LogP contribution < -0.4 is 10.1 Å². The van der Waals surface area contributed by atoms with Gasteiger partial charge in [-0.2, -0.15) is 0 Å². The fraction of sp³-hybridized carbons (Fsp3) is 0.133. The first-order chi connectivity index (χ1) is 9.66. The number of halogens is 2. The Labute approximate surface area is 121 Å². The fourth-order valence-electron chi connectivity index (χ4n) is 1.62. The van der Waals surface area contributed by atoms with Gasteiger partial charge in [0.25, 0.3) is 5.91 Å². The number of para-hydroxylation sites is 1. The van der Waals surface area contributed by atoms with E-state index in [9.17, 15) is 9.18 Å². The predicted octanol–water partition coefficient (Wildman–Crippen LogP) is 3.29. The minimum Gasteiger partial charge on any atom is -0.490 e. The number of amides is 1. The van der Waals surface area contributed by atoms with Crippen molar-refractivity contribution in [1.82, 2.24) is 5.32 Å². The minimum absolute atomic E-state index is 0.280. The van der Waals surface area contributed by atoms with Crippen molar-refractivity contribution in [3.8, 4) is 5.75 Å². The average molecular weight is 294 g/mol. The van der Waals surface area contributed by atoms with Crippen molar-refractivity contribution >= 4 is 17.5 Å². The van der Waals surface area contributed by atoms with E-state index >= 15 is 0 Å². The molecule has 20 heavy (non-hydrogen) atoms. The maximum Gasteiger partial charge on any atom is 0.251 e. The molecule has 0 saturated heterocycles. The highest BCUT2D eigenvalue weighted by Crippen LogP contribution is 2.22. The number of rotatable bonds is 5. The molecule has 0 aliphatic heterocycles. The van der Waals surface area contributed by atoms with Gasteiger partial charge in [0.1, 0.15) is 18.2 Å². The number of ether oxygens (including phenoxy) is 1. The van der Waals surface area contributed by atoms with E-state index in [1.54, 1.807) is 24.3 Å². The Bertz CT molecular complexity index is 604. The van der Waals surface area contributed by atoms with Crippen LogP contribution in [0.25, 0.3) is 0 Å². The smallest absolute Gasteiger partial charge is 0.251 e. The molecule has 2 aromatic carbocycles. The normalized spacial score (nSPS) is 10.1. The van der Waals surface area contributed by atoms with E-state index in [0.29, 0.717) is 17.3 Å². The predicted molar refractivity (Wildman–Crippen MR) is 75.7 cm³/mol. The molecule has 0 atom stereocenters. The molecule has 0 heterocycles. The summed E-state index contributed by atoms with van der Waals surface area (Å²) in [4.78, 5) is 11.7. The highest BCUT2D eigenvalue weighted by atomic mass is 35.5.